The number of piperidine rings is 1. The Morgan fingerprint density at radius 2 is 1.76 bits per heavy atom. The minimum Gasteiger partial charge on any atom is -0.465 e. The molecule has 0 spiro atoms. The van der Waals surface area contributed by atoms with Gasteiger partial charge in [0.2, 0.25) is 0 Å². The van der Waals surface area contributed by atoms with Crippen molar-refractivity contribution in [3.05, 3.63) is 35.4 Å². The molecule has 1 aliphatic heterocycles. The molecule has 1 unspecified atom stereocenters. The van der Waals surface area contributed by atoms with Crippen molar-refractivity contribution in [2.45, 2.75) is 31.9 Å². The zero-order valence-corrected chi connectivity index (χ0v) is 11.7. The quantitative estimate of drug-likeness (QED) is 0.889. The van der Waals surface area contributed by atoms with Crippen LogP contribution in [0.3, 0.4) is 0 Å². The summed E-state index contributed by atoms with van der Waals surface area (Å²) < 4.78 is 37.6. The van der Waals surface area contributed by atoms with Crippen molar-refractivity contribution in [1.82, 2.24) is 4.90 Å². The predicted molar refractivity (Wildman–Crippen MR) is 72.2 cm³/mol. The largest absolute Gasteiger partial charge is 0.465 e. The fraction of sp³-hybridized carbons (Fsp3) is 0.533. The molecule has 0 aliphatic carbocycles. The van der Waals surface area contributed by atoms with Crippen LogP contribution < -0.4 is 0 Å². The maximum atomic E-state index is 12.5. The van der Waals surface area contributed by atoms with Crippen molar-refractivity contribution >= 4 is 6.09 Å². The molecule has 0 radical (unpaired) electrons. The van der Waals surface area contributed by atoms with Gasteiger partial charge in [0.1, 0.15) is 0 Å². The van der Waals surface area contributed by atoms with Crippen LogP contribution in [0, 0.1) is 5.92 Å². The zero-order valence-electron chi connectivity index (χ0n) is 11.7. The van der Waals surface area contributed by atoms with E-state index >= 15 is 0 Å². The summed E-state index contributed by atoms with van der Waals surface area (Å²) >= 11 is 0. The van der Waals surface area contributed by atoms with Crippen LogP contribution in [0.15, 0.2) is 24.3 Å². The number of carbonyl (C=O) groups is 1. The van der Waals surface area contributed by atoms with Gasteiger partial charge >= 0.3 is 12.3 Å². The number of rotatable bonds is 2. The molecule has 1 heterocycles. The lowest BCUT2D eigenvalue weighted by molar-refractivity contribution is -0.137. The second-order valence-corrected chi connectivity index (χ2v) is 5.52. The number of halogens is 3. The van der Waals surface area contributed by atoms with E-state index < -0.39 is 17.8 Å². The van der Waals surface area contributed by atoms with Gasteiger partial charge in [-0.1, -0.05) is 19.1 Å². The maximum Gasteiger partial charge on any atom is 0.416 e. The first kappa shape index (κ1) is 15.7. The Balaban J connectivity index is 2.01. The van der Waals surface area contributed by atoms with E-state index in [2.05, 4.69) is 0 Å². The molecule has 1 N–H and O–H groups in total. The highest BCUT2D eigenvalue weighted by Crippen LogP contribution is 2.34. The van der Waals surface area contributed by atoms with Gasteiger partial charge in [0.15, 0.2) is 0 Å². The summed E-state index contributed by atoms with van der Waals surface area (Å²) in [7, 11) is 0. The van der Waals surface area contributed by atoms with Crippen LogP contribution >= 0.6 is 0 Å². The Hall–Kier alpha value is -1.72. The van der Waals surface area contributed by atoms with E-state index in [-0.39, 0.29) is 5.92 Å². The van der Waals surface area contributed by atoms with Crippen LogP contribution in [0.4, 0.5) is 18.0 Å². The number of hydrogen-bond donors (Lipinski definition) is 1. The maximum absolute atomic E-state index is 12.5. The summed E-state index contributed by atoms with van der Waals surface area (Å²) in [5, 5.41) is 8.91. The summed E-state index contributed by atoms with van der Waals surface area (Å²) in [6.07, 6.45) is -3.73. The zero-order chi connectivity index (χ0) is 15.6. The Bertz CT molecular complexity index is 491. The lowest BCUT2D eigenvalue weighted by Crippen LogP contribution is -2.38. The lowest BCUT2D eigenvalue weighted by Gasteiger charge is -2.33. The molecule has 116 valence electrons. The number of benzene rings is 1. The minimum atomic E-state index is -4.31. The molecule has 2 rings (SSSR count). The number of nitrogens with zero attached hydrogens (tertiary/aromatic N) is 1. The van der Waals surface area contributed by atoms with E-state index in [4.69, 9.17) is 5.11 Å². The number of amides is 1. The van der Waals surface area contributed by atoms with Gasteiger partial charge in [-0.25, -0.2) is 4.79 Å². The standard InChI is InChI=1S/C15H18F3NO2/c1-10(12-6-8-19(9-7-12)14(20)21)11-2-4-13(5-3-11)15(16,17)18/h2-5,10,12H,6-9H2,1H3,(H,20,21). The van der Waals surface area contributed by atoms with Crippen LogP contribution in [-0.4, -0.2) is 29.2 Å². The lowest BCUT2D eigenvalue weighted by atomic mass is 9.81. The third kappa shape index (κ3) is 3.68. The molecule has 1 aromatic carbocycles. The molecule has 0 bridgehead atoms. The van der Waals surface area contributed by atoms with E-state index in [1.807, 2.05) is 6.92 Å². The fourth-order valence-electron chi connectivity index (χ4n) is 2.84. The molecule has 3 nitrogen and oxygen atoms in total. The topological polar surface area (TPSA) is 40.5 Å². The van der Waals surface area contributed by atoms with Crippen molar-refractivity contribution in [2.24, 2.45) is 5.92 Å². The molecule has 1 fully saturated rings. The average Bonchev–Trinajstić information content (AvgIpc) is 2.46. The number of alkyl halides is 3. The van der Waals surface area contributed by atoms with Crippen LogP contribution in [-0.2, 0) is 6.18 Å². The Kier molecular flexibility index (Phi) is 4.44. The average molecular weight is 301 g/mol. The van der Waals surface area contributed by atoms with Gasteiger partial charge < -0.3 is 10.0 Å². The van der Waals surface area contributed by atoms with Crippen LogP contribution in [0.1, 0.15) is 36.8 Å². The van der Waals surface area contributed by atoms with E-state index in [1.54, 1.807) is 0 Å². The molecule has 1 saturated heterocycles. The second kappa shape index (κ2) is 5.95. The van der Waals surface area contributed by atoms with Gasteiger partial charge in [0.25, 0.3) is 0 Å². The van der Waals surface area contributed by atoms with E-state index in [9.17, 15) is 18.0 Å². The van der Waals surface area contributed by atoms with Crippen LogP contribution in [0.5, 0.6) is 0 Å². The molecule has 1 atom stereocenters. The third-order valence-corrected chi connectivity index (χ3v) is 4.28. The molecule has 0 saturated carbocycles. The van der Waals surface area contributed by atoms with Gasteiger partial charge in [-0.3, -0.25) is 0 Å². The van der Waals surface area contributed by atoms with Gasteiger partial charge in [-0.05, 0) is 42.4 Å². The highest BCUT2D eigenvalue weighted by molar-refractivity contribution is 5.65. The highest BCUT2D eigenvalue weighted by Gasteiger charge is 2.31. The molecule has 0 aromatic heterocycles. The Labute approximate surface area is 121 Å². The van der Waals surface area contributed by atoms with Crippen molar-refractivity contribution in [1.29, 1.82) is 0 Å². The van der Waals surface area contributed by atoms with Crippen molar-refractivity contribution in [3.8, 4) is 0 Å². The number of carboxylic acid groups (broad SMARTS) is 1. The fourth-order valence-corrected chi connectivity index (χ4v) is 2.84. The Morgan fingerprint density at radius 3 is 2.19 bits per heavy atom. The van der Waals surface area contributed by atoms with Crippen LogP contribution in [0.2, 0.25) is 0 Å². The van der Waals surface area contributed by atoms with Gasteiger partial charge in [-0.15, -0.1) is 0 Å². The summed E-state index contributed by atoms with van der Waals surface area (Å²) in [6.45, 7) is 2.97. The van der Waals surface area contributed by atoms with E-state index in [1.165, 1.54) is 17.0 Å². The molecular formula is C15H18F3NO2. The summed E-state index contributed by atoms with van der Waals surface area (Å²) in [4.78, 5) is 12.2. The number of likely N-dealkylation sites (tertiary alicyclic amines) is 1. The first-order chi connectivity index (χ1) is 9.79. The van der Waals surface area contributed by atoms with Crippen LogP contribution in [0.25, 0.3) is 0 Å². The smallest absolute Gasteiger partial charge is 0.416 e. The van der Waals surface area contributed by atoms with Gasteiger partial charge in [-0.2, -0.15) is 13.2 Å². The summed E-state index contributed by atoms with van der Waals surface area (Å²) in [6, 6.07) is 5.27. The molecule has 21 heavy (non-hydrogen) atoms. The minimum absolute atomic E-state index is 0.128. The summed E-state index contributed by atoms with van der Waals surface area (Å²) in [5.74, 6) is 0.431. The molecular weight excluding hydrogens is 283 g/mol. The molecule has 1 aromatic rings. The molecule has 1 amide bonds. The predicted octanol–water partition coefficient (Wildman–Crippen LogP) is 4.20. The molecule has 6 heteroatoms. The Morgan fingerprint density at radius 1 is 1.24 bits per heavy atom. The van der Waals surface area contributed by atoms with Gasteiger partial charge in [0.05, 0.1) is 5.56 Å². The van der Waals surface area contributed by atoms with Gasteiger partial charge in [0, 0.05) is 13.1 Å². The second-order valence-electron chi connectivity index (χ2n) is 5.52. The van der Waals surface area contributed by atoms with Crippen molar-refractivity contribution in [2.75, 3.05) is 13.1 Å². The SMILES string of the molecule is CC(c1ccc(C(F)(F)F)cc1)C1CCN(C(=O)O)CC1. The highest BCUT2D eigenvalue weighted by atomic mass is 19.4. The first-order valence-electron chi connectivity index (χ1n) is 6.94. The van der Waals surface area contributed by atoms with E-state index in [0.717, 1.165) is 30.5 Å². The first-order valence-corrected chi connectivity index (χ1v) is 6.94. The van der Waals surface area contributed by atoms with Crippen molar-refractivity contribution < 1.29 is 23.1 Å². The van der Waals surface area contributed by atoms with Crippen molar-refractivity contribution in [3.63, 3.8) is 0 Å². The monoisotopic (exact) mass is 301 g/mol. The normalized spacial score (nSPS) is 18.6. The summed E-state index contributed by atoms with van der Waals surface area (Å²) in [5.41, 5.74) is 0.232. The van der Waals surface area contributed by atoms with E-state index in [0.29, 0.717) is 19.0 Å². The third-order valence-electron chi connectivity index (χ3n) is 4.28. The molecule has 1 aliphatic rings. The number of hydrogen-bond acceptors (Lipinski definition) is 1.